The molecule has 0 aromatic carbocycles. The quantitative estimate of drug-likeness (QED) is 0.899. The van der Waals surface area contributed by atoms with Crippen LogP contribution in [0.5, 0.6) is 6.01 Å². The van der Waals surface area contributed by atoms with Crippen molar-refractivity contribution in [2.45, 2.75) is 52.6 Å². The van der Waals surface area contributed by atoms with Gasteiger partial charge in [-0.05, 0) is 43.7 Å². The molecule has 0 spiro atoms. The third-order valence-electron chi connectivity index (χ3n) is 3.41. The smallest absolute Gasteiger partial charge is 0.322 e. The fourth-order valence-corrected chi connectivity index (χ4v) is 2.52. The molecule has 0 unspecified atom stereocenters. The second-order valence-corrected chi connectivity index (χ2v) is 6.09. The van der Waals surface area contributed by atoms with Crippen LogP contribution in [0, 0.1) is 5.41 Å². The van der Waals surface area contributed by atoms with E-state index in [0.29, 0.717) is 11.4 Å². The SMILES string of the molecule is CC(C)Oc1nc(Cl)nc(NCC2(C)CCCC2)n1. The lowest BCUT2D eigenvalue weighted by Gasteiger charge is -2.23. The lowest BCUT2D eigenvalue weighted by atomic mass is 9.89. The molecule has 1 aliphatic rings. The normalized spacial score (nSPS) is 17.7. The highest BCUT2D eigenvalue weighted by Gasteiger charge is 2.28. The van der Waals surface area contributed by atoms with Crippen LogP contribution in [0.1, 0.15) is 46.5 Å². The first-order valence-corrected chi connectivity index (χ1v) is 7.17. The summed E-state index contributed by atoms with van der Waals surface area (Å²) in [6.45, 7) is 6.99. The molecule has 6 heteroatoms. The Hall–Kier alpha value is -1.10. The minimum absolute atomic E-state index is 0.0127. The minimum Gasteiger partial charge on any atom is -0.461 e. The summed E-state index contributed by atoms with van der Waals surface area (Å²) in [5.41, 5.74) is 0.332. The van der Waals surface area contributed by atoms with Crippen LogP contribution in [-0.2, 0) is 0 Å². The zero-order chi connectivity index (χ0) is 13.9. The van der Waals surface area contributed by atoms with Gasteiger partial charge in [-0.25, -0.2) is 0 Å². The molecule has 0 saturated heterocycles. The Bertz CT molecular complexity index is 433. The van der Waals surface area contributed by atoms with E-state index in [9.17, 15) is 0 Å². The van der Waals surface area contributed by atoms with Gasteiger partial charge in [0.15, 0.2) is 0 Å². The maximum atomic E-state index is 5.88. The fraction of sp³-hybridized carbons (Fsp3) is 0.769. The Kier molecular flexibility index (Phi) is 4.45. The molecule has 1 saturated carbocycles. The minimum atomic E-state index is 0.0127. The number of hydrogen-bond acceptors (Lipinski definition) is 5. The highest BCUT2D eigenvalue weighted by molar-refractivity contribution is 6.28. The molecule has 1 aliphatic carbocycles. The second-order valence-electron chi connectivity index (χ2n) is 5.75. The summed E-state index contributed by atoms with van der Waals surface area (Å²) in [7, 11) is 0. The number of hydrogen-bond donors (Lipinski definition) is 1. The van der Waals surface area contributed by atoms with E-state index in [-0.39, 0.29) is 17.4 Å². The third kappa shape index (κ3) is 4.20. The van der Waals surface area contributed by atoms with E-state index in [1.165, 1.54) is 25.7 Å². The van der Waals surface area contributed by atoms with Crippen molar-refractivity contribution in [3.8, 4) is 6.01 Å². The van der Waals surface area contributed by atoms with E-state index in [1.807, 2.05) is 13.8 Å². The number of ether oxygens (including phenoxy) is 1. The molecule has 5 nitrogen and oxygen atoms in total. The number of aromatic nitrogens is 3. The van der Waals surface area contributed by atoms with Crippen molar-refractivity contribution < 1.29 is 4.74 Å². The maximum absolute atomic E-state index is 5.88. The molecule has 0 aliphatic heterocycles. The lowest BCUT2D eigenvalue weighted by Crippen LogP contribution is -2.24. The van der Waals surface area contributed by atoms with Gasteiger partial charge in [0, 0.05) is 6.54 Å². The molecule has 1 aromatic rings. The summed E-state index contributed by atoms with van der Waals surface area (Å²) in [6.07, 6.45) is 5.11. The molecular formula is C13H21ClN4O. The third-order valence-corrected chi connectivity index (χ3v) is 3.58. The van der Waals surface area contributed by atoms with Gasteiger partial charge in [-0.2, -0.15) is 15.0 Å². The summed E-state index contributed by atoms with van der Waals surface area (Å²) in [5, 5.41) is 3.41. The lowest BCUT2D eigenvalue weighted by molar-refractivity contribution is 0.221. The number of anilines is 1. The monoisotopic (exact) mass is 284 g/mol. The van der Waals surface area contributed by atoms with E-state index in [2.05, 4.69) is 27.2 Å². The van der Waals surface area contributed by atoms with Gasteiger partial charge in [0.1, 0.15) is 0 Å². The molecular weight excluding hydrogens is 264 g/mol. The van der Waals surface area contributed by atoms with Crippen molar-refractivity contribution in [2.75, 3.05) is 11.9 Å². The zero-order valence-electron chi connectivity index (χ0n) is 11.7. The Morgan fingerprint density at radius 3 is 2.58 bits per heavy atom. The van der Waals surface area contributed by atoms with Crippen LogP contribution in [-0.4, -0.2) is 27.6 Å². The molecule has 1 heterocycles. The van der Waals surface area contributed by atoms with Gasteiger partial charge < -0.3 is 10.1 Å². The van der Waals surface area contributed by atoms with Crippen LogP contribution in [0.3, 0.4) is 0 Å². The van der Waals surface area contributed by atoms with Crippen LogP contribution >= 0.6 is 11.6 Å². The molecule has 106 valence electrons. The predicted molar refractivity (Wildman–Crippen MR) is 75.7 cm³/mol. The molecule has 0 bridgehead atoms. The zero-order valence-corrected chi connectivity index (χ0v) is 12.5. The van der Waals surface area contributed by atoms with Crippen molar-refractivity contribution >= 4 is 17.5 Å². The summed E-state index contributed by atoms with van der Waals surface area (Å²) in [6, 6.07) is 0.272. The Morgan fingerprint density at radius 2 is 1.95 bits per heavy atom. The van der Waals surface area contributed by atoms with Crippen molar-refractivity contribution in [3.05, 3.63) is 5.28 Å². The second kappa shape index (κ2) is 5.90. The van der Waals surface area contributed by atoms with Crippen molar-refractivity contribution in [1.82, 2.24) is 15.0 Å². The highest BCUT2D eigenvalue weighted by Crippen LogP contribution is 2.37. The van der Waals surface area contributed by atoms with Crippen LogP contribution in [0.25, 0.3) is 0 Å². The number of rotatable bonds is 5. The van der Waals surface area contributed by atoms with Gasteiger partial charge >= 0.3 is 6.01 Å². The van der Waals surface area contributed by atoms with Crippen molar-refractivity contribution in [2.24, 2.45) is 5.41 Å². The molecule has 1 N–H and O–H groups in total. The van der Waals surface area contributed by atoms with Crippen molar-refractivity contribution in [3.63, 3.8) is 0 Å². The first-order valence-electron chi connectivity index (χ1n) is 6.79. The van der Waals surface area contributed by atoms with Gasteiger partial charge in [-0.3, -0.25) is 0 Å². The first-order chi connectivity index (χ1) is 8.97. The summed E-state index contributed by atoms with van der Waals surface area (Å²) >= 11 is 5.88. The molecule has 0 atom stereocenters. The molecule has 0 radical (unpaired) electrons. The maximum Gasteiger partial charge on any atom is 0.322 e. The van der Waals surface area contributed by atoms with E-state index < -0.39 is 0 Å². The van der Waals surface area contributed by atoms with Crippen LogP contribution in [0.2, 0.25) is 5.28 Å². The number of nitrogens with one attached hydrogen (secondary N) is 1. The standard InChI is InChI=1S/C13H21ClN4O/c1-9(2)19-12-17-10(14)16-11(18-12)15-8-13(3)6-4-5-7-13/h9H,4-8H2,1-3H3,(H,15,16,17,18). The number of nitrogens with zero attached hydrogens (tertiary/aromatic N) is 3. The Morgan fingerprint density at radius 1 is 1.26 bits per heavy atom. The van der Waals surface area contributed by atoms with Gasteiger partial charge in [0.2, 0.25) is 11.2 Å². The summed E-state index contributed by atoms with van der Waals surface area (Å²) < 4.78 is 5.45. The fourth-order valence-electron chi connectivity index (χ4n) is 2.37. The van der Waals surface area contributed by atoms with E-state index >= 15 is 0 Å². The van der Waals surface area contributed by atoms with Crippen LogP contribution < -0.4 is 10.1 Å². The van der Waals surface area contributed by atoms with E-state index in [4.69, 9.17) is 16.3 Å². The van der Waals surface area contributed by atoms with Gasteiger partial charge in [0.25, 0.3) is 0 Å². The topological polar surface area (TPSA) is 59.9 Å². The van der Waals surface area contributed by atoms with Crippen LogP contribution in [0.4, 0.5) is 5.95 Å². The summed E-state index contributed by atoms with van der Waals surface area (Å²) in [4.78, 5) is 12.3. The molecule has 19 heavy (non-hydrogen) atoms. The molecule has 1 aromatic heterocycles. The average Bonchev–Trinajstić information content (AvgIpc) is 2.73. The van der Waals surface area contributed by atoms with E-state index in [1.54, 1.807) is 0 Å². The molecule has 1 fully saturated rings. The van der Waals surface area contributed by atoms with Gasteiger partial charge in [-0.1, -0.05) is 19.8 Å². The Balaban J connectivity index is 2.01. The Labute approximate surface area is 119 Å². The summed E-state index contributed by atoms with van der Waals surface area (Å²) in [5.74, 6) is 0.490. The van der Waals surface area contributed by atoms with Gasteiger partial charge in [0.05, 0.1) is 6.10 Å². The first kappa shape index (κ1) is 14.3. The average molecular weight is 285 g/mol. The van der Waals surface area contributed by atoms with E-state index in [0.717, 1.165) is 6.54 Å². The van der Waals surface area contributed by atoms with Gasteiger partial charge in [-0.15, -0.1) is 0 Å². The number of halogens is 1. The predicted octanol–water partition coefficient (Wildman–Crippen LogP) is 3.30. The van der Waals surface area contributed by atoms with Crippen LogP contribution in [0.15, 0.2) is 0 Å². The molecule has 2 rings (SSSR count). The van der Waals surface area contributed by atoms with Crippen molar-refractivity contribution in [1.29, 1.82) is 0 Å². The molecule has 0 amide bonds. The largest absolute Gasteiger partial charge is 0.461 e. The highest BCUT2D eigenvalue weighted by atomic mass is 35.5.